The maximum Gasteiger partial charge on any atom is 0.418 e. The molecule has 46 heavy (non-hydrogen) atoms. The van der Waals surface area contributed by atoms with Crippen molar-refractivity contribution in [3.8, 4) is 22.7 Å². The average Bonchev–Trinajstić information content (AvgIpc) is 3.92. The zero-order chi connectivity index (χ0) is 31.6. The van der Waals surface area contributed by atoms with Crippen molar-refractivity contribution in [2.45, 2.75) is 87.4 Å². The molecule has 0 spiro atoms. The monoisotopic (exact) mass is 652 g/mol. The van der Waals surface area contributed by atoms with Crippen LogP contribution in [0.5, 0.6) is 5.75 Å². The normalized spacial score (nSPS) is 27.1. The number of nitrogens with zero attached hydrogens (tertiary/aromatic N) is 5. The van der Waals surface area contributed by atoms with E-state index in [1.54, 1.807) is 0 Å². The van der Waals surface area contributed by atoms with Crippen molar-refractivity contribution in [1.29, 1.82) is 0 Å². The van der Waals surface area contributed by atoms with Gasteiger partial charge in [-0.1, -0.05) is 11.6 Å². The minimum atomic E-state index is -4.98. The second-order valence-corrected chi connectivity index (χ2v) is 14.0. The fraction of sp³-hybridized carbons (Fsp3) is 0.485. The van der Waals surface area contributed by atoms with Crippen LogP contribution in [0.25, 0.3) is 27.8 Å². The van der Waals surface area contributed by atoms with Gasteiger partial charge >= 0.3 is 11.9 Å². The highest BCUT2D eigenvalue weighted by molar-refractivity contribution is 6.32. The van der Waals surface area contributed by atoms with Crippen LogP contribution in [-0.2, 0) is 6.18 Å². The Kier molecular flexibility index (Phi) is 6.17. The third kappa shape index (κ3) is 4.32. The van der Waals surface area contributed by atoms with Crippen molar-refractivity contribution in [3.63, 3.8) is 0 Å². The molecule has 2 aliphatic heterocycles. The van der Waals surface area contributed by atoms with Crippen LogP contribution in [0, 0.1) is 17.7 Å². The van der Waals surface area contributed by atoms with Crippen molar-refractivity contribution < 1.29 is 22.7 Å². The molecule has 0 amide bonds. The smallest absolute Gasteiger partial charge is 0.418 e. The van der Waals surface area contributed by atoms with Crippen LogP contribution in [0.3, 0.4) is 0 Å². The third-order valence-electron chi connectivity index (χ3n) is 10.8. The van der Waals surface area contributed by atoms with E-state index in [0.29, 0.717) is 40.8 Å². The maximum atomic E-state index is 17.2. The molecule has 3 aliphatic carbocycles. The highest BCUT2D eigenvalue weighted by Gasteiger charge is 2.53. The Morgan fingerprint density at radius 2 is 1.65 bits per heavy atom. The number of phenols is 1. The van der Waals surface area contributed by atoms with E-state index in [2.05, 4.69) is 25.3 Å². The fourth-order valence-electron chi connectivity index (χ4n) is 8.45. The lowest BCUT2D eigenvalue weighted by atomic mass is 9.58. The summed E-state index contributed by atoms with van der Waals surface area (Å²) in [6, 6.07) is 2.36. The molecule has 13 heteroatoms. The van der Waals surface area contributed by atoms with Crippen LogP contribution in [0.15, 0.2) is 29.5 Å². The lowest BCUT2D eigenvalue weighted by molar-refractivity contribution is -0.137. The number of phenolic OH excluding ortho intramolecular Hbond substituents is 1. The molecular weight excluding hydrogens is 624 g/mol. The van der Waals surface area contributed by atoms with Crippen LogP contribution in [0.2, 0.25) is 5.02 Å². The zero-order valence-electron chi connectivity index (χ0n) is 24.5. The van der Waals surface area contributed by atoms with E-state index in [9.17, 15) is 23.1 Å². The van der Waals surface area contributed by atoms with Crippen molar-refractivity contribution in [3.05, 3.63) is 68.6 Å². The molecule has 0 radical (unpaired) electrons. The number of benzene rings is 1. The van der Waals surface area contributed by atoms with Crippen LogP contribution in [-0.4, -0.2) is 41.7 Å². The Morgan fingerprint density at radius 1 is 0.935 bits per heavy atom. The van der Waals surface area contributed by atoms with Gasteiger partial charge in [-0.3, -0.25) is 9.55 Å². The lowest BCUT2D eigenvalue weighted by Crippen LogP contribution is -2.53. The summed E-state index contributed by atoms with van der Waals surface area (Å²) in [5.74, 6) is -1.01. The molecule has 8 nitrogen and oxygen atoms in total. The highest BCUT2D eigenvalue weighted by Crippen LogP contribution is 2.57. The number of nitrogens with one attached hydrogen (secondary N) is 1. The van der Waals surface area contributed by atoms with E-state index < -0.39 is 45.3 Å². The van der Waals surface area contributed by atoms with Gasteiger partial charge in [0.2, 0.25) is 0 Å². The molecule has 5 heterocycles. The van der Waals surface area contributed by atoms with Crippen molar-refractivity contribution in [1.82, 2.24) is 29.8 Å². The summed E-state index contributed by atoms with van der Waals surface area (Å²) < 4.78 is 61.4. The van der Waals surface area contributed by atoms with E-state index in [1.807, 2.05) is 0 Å². The first-order chi connectivity index (χ1) is 22.1. The number of aromatic hydroxyl groups is 1. The van der Waals surface area contributed by atoms with E-state index >= 15 is 4.39 Å². The Labute approximate surface area is 265 Å². The number of hydrogen-bond acceptors (Lipinski definition) is 7. The number of pyridine rings is 1. The van der Waals surface area contributed by atoms with Crippen LogP contribution < -0.4 is 11.0 Å². The third-order valence-corrected chi connectivity index (χ3v) is 11.1. The summed E-state index contributed by atoms with van der Waals surface area (Å²) in [5, 5.41) is 13.4. The van der Waals surface area contributed by atoms with Gasteiger partial charge in [-0.05, 0) is 75.3 Å². The second kappa shape index (κ2) is 9.93. The van der Waals surface area contributed by atoms with Crippen LogP contribution in [0.1, 0.15) is 91.8 Å². The molecule has 2 N–H and O–H groups in total. The number of piperidine rings is 1. The van der Waals surface area contributed by atoms with Crippen molar-refractivity contribution >= 4 is 22.5 Å². The standard InChI is InChI=1S/C33H29ClF4N6O2/c34-22-9-16(45)8-20(24(22)33(36,37)38)29-25(35)30-21(11-39-29)28(19-10-18-17(19)7-15-5-6-23(18)42-15)43-32(46)44(30)31-26(13-1-2-13)40-12-41-27(31)14-3-4-14/h8-9,11-15,17-19,23,42,45H,1-7,10H2/t15?,17-,18?,19?,23?/m0/s1. The highest BCUT2D eigenvalue weighted by atomic mass is 35.5. The van der Waals surface area contributed by atoms with Gasteiger partial charge in [-0.2, -0.15) is 18.2 Å². The summed E-state index contributed by atoms with van der Waals surface area (Å²) in [6.45, 7) is 0. The Morgan fingerprint density at radius 3 is 2.33 bits per heavy atom. The quantitative estimate of drug-likeness (QED) is 0.230. The van der Waals surface area contributed by atoms with E-state index in [1.165, 1.54) is 17.1 Å². The van der Waals surface area contributed by atoms with E-state index in [4.69, 9.17) is 11.6 Å². The van der Waals surface area contributed by atoms with Gasteiger partial charge in [0.1, 0.15) is 17.8 Å². The molecule has 5 aliphatic rings. The molecular formula is C33H29ClF4N6O2. The Bertz CT molecular complexity index is 1980. The number of rotatable bonds is 5. The SMILES string of the molecule is O=c1nc(C2CC3C4CCC(C[C@H]23)N4)c2cnc(-c3cc(O)cc(Cl)c3C(F)(F)F)c(F)c2n1-c1c(C2CC2)ncnc1C1CC1. The van der Waals surface area contributed by atoms with E-state index in [-0.39, 0.29) is 34.6 Å². The molecule has 3 saturated carbocycles. The minimum Gasteiger partial charge on any atom is -0.508 e. The summed E-state index contributed by atoms with van der Waals surface area (Å²) in [7, 11) is 0. The summed E-state index contributed by atoms with van der Waals surface area (Å²) >= 11 is 5.99. The predicted octanol–water partition coefficient (Wildman–Crippen LogP) is 6.75. The topological polar surface area (TPSA) is 106 Å². The molecule has 5 fully saturated rings. The summed E-state index contributed by atoms with van der Waals surface area (Å²) in [6.07, 6.45) is 5.09. The molecule has 5 atom stereocenters. The lowest BCUT2D eigenvalue weighted by Gasteiger charge is -2.51. The maximum absolute atomic E-state index is 17.2. The van der Waals surface area contributed by atoms with E-state index in [0.717, 1.165) is 63.5 Å². The minimum absolute atomic E-state index is 0.0563. The first kappa shape index (κ1) is 28.6. The first-order valence-corrected chi connectivity index (χ1v) is 16.3. The van der Waals surface area contributed by atoms with Gasteiger partial charge in [-0.25, -0.2) is 19.2 Å². The average molecular weight is 653 g/mol. The van der Waals surface area contributed by atoms with Crippen molar-refractivity contribution in [2.75, 3.05) is 0 Å². The fourth-order valence-corrected chi connectivity index (χ4v) is 8.77. The van der Waals surface area contributed by atoms with Crippen molar-refractivity contribution in [2.24, 2.45) is 11.8 Å². The van der Waals surface area contributed by atoms with Gasteiger partial charge in [0.05, 0.1) is 38.9 Å². The number of halogens is 5. The number of aromatic nitrogens is 5. The van der Waals surface area contributed by atoms with Gasteiger partial charge in [-0.15, -0.1) is 0 Å². The van der Waals surface area contributed by atoms with Gasteiger partial charge in [0.25, 0.3) is 0 Å². The summed E-state index contributed by atoms with van der Waals surface area (Å²) in [5.41, 5.74) is -1.62. The Hall–Kier alpha value is -3.64. The molecule has 4 unspecified atom stereocenters. The second-order valence-electron chi connectivity index (χ2n) is 13.6. The zero-order valence-corrected chi connectivity index (χ0v) is 25.2. The molecule has 2 bridgehead atoms. The number of fused-ring (bicyclic) bond motifs is 5. The molecule has 3 aromatic heterocycles. The number of hydrogen-bond donors (Lipinski definition) is 2. The predicted molar refractivity (Wildman–Crippen MR) is 161 cm³/mol. The Balaban J connectivity index is 1.33. The molecule has 4 aromatic rings. The largest absolute Gasteiger partial charge is 0.508 e. The molecule has 1 aromatic carbocycles. The van der Waals surface area contributed by atoms with Crippen LogP contribution in [0.4, 0.5) is 17.6 Å². The van der Waals surface area contributed by atoms with Gasteiger partial charge < -0.3 is 10.4 Å². The van der Waals surface area contributed by atoms with Gasteiger partial charge in [0, 0.05) is 47.0 Å². The number of alkyl halides is 3. The van der Waals surface area contributed by atoms with Gasteiger partial charge in [0.15, 0.2) is 5.82 Å². The molecule has 238 valence electrons. The molecule has 2 saturated heterocycles. The summed E-state index contributed by atoms with van der Waals surface area (Å²) in [4.78, 5) is 32.2. The first-order valence-electron chi connectivity index (χ1n) is 15.9. The van der Waals surface area contributed by atoms with Crippen LogP contribution >= 0.6 is 11.6 Å². The molecule has 9 rings (SSSR count).